The Hall–Kier alpha value is -1.98. The monoisotopic (exact) mass is 321 g/mol. The highest BCUT2D eigenvalue weighted by Crippen LogP contribution is 2.25. The predicted molar refractivity (Wildman–Crippen MR) is 69.6 cm³/mol. The Morgan fingerprint density at radius 2 is 1.73 bits per heavy atom. The van der Waals surface area contributed by atoms with Gasteiger partial charge in [0.15, 0.2) is 0 Å². The highest BCUT2D eigenvalue weighted by Gasteiger charge is 2.46. The highest BCUT2D eigenvalue weighted by atomic mass is 19.4. The number of alkyl halides is 3. The molecule has 1 saturated heterocycles. The van der Waals surface area contributed by atoms with Crippen molar-refractivity contribution in [1.29, 1.82) is 5.26 Å². The van der Waals surface area contributed by atoms with Crippen LogP contribution in [-0.4, -0.2) is 47.3 Å². The van der Waals surface area contributed by atoms with E-state index in [9.17, 15) is 22.8 Å². The molecule has 1 fully saturated rings. The Morgan fingerprint density at radius 3 is 2.09 bits per heavy atom. The molecular weight excluding hydrogens is 303 g/mol. The molecule has 0 bridgehead atoms. The zero-order chi connectivity index (χ0) is 17.2. The van der Waals surface area contributed by atoms with Crippen molar-refractivity contribution in [2.75, 3.05) is 13.1 Å². The van der Waals surface area contributed by atoms with E-state index in [-0.39, 0.29) is 25.9 Å². The number of carbonyl (C=O) groups excluding carboxylic acids is 2. The highest BCUT2D eigenvalue weighted by molar-refractivity contribution is 5.83. The number of piperidine rings is 1. The minimum Gasteiger partial charge on any atom is -0.444 e. The predicted octanol–water partition coefficient (Wildman–Crippen LogP) is 1.96. The summed E-state index contributed by atoms with van der Waals surface area (Å²) in [6, 6.07) is 1.72. The molecule has 1 rings (SSSR count). The second kappa shape index (κ2) is 6.02. The second-order valence-corrected chi connectivity index (χ2v) is 6.11. The Balaban J connectivity index is 2.67. The molecule has 0 saturated carbocycles. The normalized spacial score (nSPS) is 18.3. The molecule has 6 nitrogen and oxygen atoms in total. The van der Waals surface area contributed by atoms with Crippen molar-refractivity contribution in [3.8, 4) is 6.07 Å². The summed E-state index contributed by atoms with van der Waals surface area (Å²) in [6.07, 6.45) is -5.83. The summed E-state index contributed by atoms with van der Waals surface area (Å²) in [5, 5.41) is 10.8. The van der Waals surface area contributed by atoms with Gasteiger partial charge >= 0.3 is 18.2 Å². The molecule has 0 atom stereocenters. The quantitative estimate of drug-likeness (QED) is 0.800. The lowest BCUT2D eigenvalue weighted by Crippen LogP contribution is -2.58. The third-order valence-electron chi connectivity index (χ3n) is 3.09. The molecule has 1 heterocycles. The first-order valence-corrected chi connectivity index (χ1v) is 6.67. The van der Waals surface area contributed by atoms with Gasteiger partial charge < -0.3 is 15.0 Å². The fourth-order valence-electron chi connectivity index (χ4n) is 1.95. The van der Waals surface area contributed by atoms with E-state index in [1.807, 2.05) is 0 Å². The van der Waals surface area contributed by atoms with Crippen LogP contribution in [0.15, 0.2) is 0 Å². The lowest BCUT2D eigenvalue weighted by atomic mass is 9.89. The molecule has 2 amide bonds. The molecule has 9 heteroatoms. The van der Waals surface area contributed by atoms with Gasteiger partial charge in [0.05, 0.1) is 6.07 Å². The summed E-state index contributed by atoms with van der Waals surface area (Å²) >= 11 is 0. The number of hydrogen-bond acceptors (Lipinski definition) is 4. The van der Waals surface area contributed by atoms with Crippen molar-refractivity contribution in [3.63, 3.8) is 0 Å². The molecule has 1 aliphatic heterocycles. The molecule has 0 aromatic carbocycles. The van der Waals surface area contributed by atoms with E-state index in [4.69, 9.17) is 10.00 Å². The number of nitriles is 1. The van der Waals surface area contributed by atoms with Gasteiger partial charge in [0.1, 0.15) is 11.1 Å². The van der Waals surface area contributed by atoms with Crippen LogP contribution in [0.25, 0.3) is 0 Å². The summed E-state index contributed by atoms with van der Waals surface area (Å²) in [4.78, 5) is 24.2. The van der Waals surface area contributed by atoms with Gasteiger partial charge in [0.2, 0.25) is 0 Å². The van der Waals surface area contributed by atoms with Crippen molar-refractivity contribution in [2.24, 2.45) is 0 Å². The zero-order valence-corrected chi connectivity index (χ0v) is 12.6. The van der Waals surface area contributed by atoms with Gasteiger partial charge in [-0.05, 0) is 20.8 Å². The van der Waals surface area contributed by atoms with E-state index in [0.29, 0.717) is 0 Å². The minimum atomic E-state index is -5.05. The van der Waals surface area contributed by atoms with Gasteiger partial charge in [-0.3, -0.25) is 4.79 Å². The van der Waals surface area contributed by atoms with Crippen LogP contribution in [0, 0.1) is 11.3 Å². The first kappa shape index (κ1) is 18.1. The Labute approximate surface area is 126 Å². The van der Waals surface area contributed by atoms with Crippen molar-refractivity contribution < 1.29 is 27.5 Å². The van der Waals surface area contributed by atoms with Crippen LogP contribution in [0.2, 0.25) is 0 Å². The molecule has 0 radical (unpaired) electrons. The van der Waals surface area contributed by atoms with Crippen molar-refractivity contribution in [2.45, 2.75) is 50.9 Å². The van der Waals surface area contributed by atoms with Crippen LogP contribution in [0.1, 0.15) is 33.6 Å². The van der Waals surface area contributed by atoms with Crippen molar-refractivity contribution >= 4 is 12.0 Å². The van der Waals surface area contributed by atoms with Gasteiger partial charge in [-0.2, -0.15) is 18.4 Å². The molecule has 0 aromatic rings. The van der Waals surface area contributed by atoms with E-state index >= 15 is 0 Å². The minimum absolute atomic E-state index is 0.0284. The molecular formula is C13H18F3N3O3. The number of halogens is 3. The fraction of sp³-hybridized carbons (Fsp3) is 0.769. The van der Waals surface area contributed by atoms with Crippen LogP contribution in [0.3, 0.4) is 0 Å². The second-order valence-electron chi connectivity index (χ2n) is 6.11. The fourth-order valence-corrected chi connectivity index (χ4v) is 1.95. The summed E-state index contributed by atoms with van der Waals surface area (Å²) < 4.78 is 42.0. The van der Waals surface area contributed by atoms with Crippen LogP contribution in [0.5, 0.6) is 0 Å². The Kier molecular flexibility index (Phi) is 4.95. The maximum absolute atomic E-state index is 12.3. The number of ether oxygens (including phenoxy) is 1. The molecule has 0 aliphatic carbocycles. The van der Waals surface area contributed by atoms with Gasteiger partial charge in [-0.1, -0.05) is 0 Å². The smallest absolute Gasteiger partial charge is 0.444 e. The maximum atomic E-state index is 12.3. The molecule has 1 aliphatic rings. The van der Waals surface area contributed by atoms with Crippen LogP contribution in [0.4, 0.5) is 18.0 Å². The number of amides is 2. The topological polar surface area (TPSA) is 82.4 Å². The van der Waals surface area contributed by atoms with Gasteiger partial charge in [-0.15, -0.1) is 0 Å². The maximum Gasteiger partial charge on any atom is 0.471 e. The third kappa shape index (κ3) is 4.79. The standard InChI is InChI=1S/C13H18F3N3O3/c1-11(2,3)22-10(21)19-6-4-12(8-17,5-7-19)18-9(20)13(14,15)16/h4-7H2,1-3H3,(H,18,20). The number of hydrogen-bond donors (Lipinski definition) is 1. The summed E-state index contributed by atoms with van der Waals surface area (Å²) in [7, 11) is 0. The van der Waals surface area contributed by atoms with E-state index in [1.54, 1.807) is 32.2 Å². The molecule has 1 N–H and O–H groups in total. The van der Waals surface area contributed by atoms with Gasteiger partial charge in [0, 0.05) is 25.9 Å². The van der Waals surface area contributed by atoms with Crippen molar-refractivity contribution in [1.82, 2.24) is 10.2 Å². The average molecular weight is 321 g/mol. The Bertz CT molecular complexity index is 483. The number of carbonyl (C=O) groups is 2. The van der Waals surface area contributed by atoms with Gasteiger partial charge in [0.25, 0.3) is 0 Å². The van der Waals surface area contributed by atoms with Crippen LogP contribution >= 0.6 is 0 Å². The zero-order valence-electron chi connectivity index (χ0n) is 12.6. The van der Waals surface area contributed by atoms with Crippen LogP contribution < -0.4 is 5.32 Å². The number of nitrogens with one attached hydrogen (secondary N) is 1. The van der Waals surface area contributed by atoms with Crippen molar-refractivity contribution in [3.05, 3.63) is 0 Å². The summed E-state index contributed by atoms with van der Waals surface area (Å²) in [5.74, 6) is -2.15. The third-order valence-corrected chi connectivity index (χ3v) is 3.09. The van der Waals surface area contributed by atoms with E-state index in [1.165, 1.54) is 4.90 Å². The lowest BCUT2D eigenvalue weighted by molar-refractivity contribution is -0.175. The number of likely N-dealkylation sites (tertiary alicyclic amines) is 1. The van der Waals surface area contributed by atoms with Crippen LogP contribution in [-0.2, 0) is 9.53 Å². The summed E-state index contributed by atoms with van der Waals surface area (Å²) in [6.45, 7) is 5.13. The average Bonchev–Trinajstić information content (AvgIpc) is 2.36. The van der Waals surface area contributed by atoms with Gasteiger partial charge in [-0.25, -0.2) is 4.79 Å². The first-order valence-electron chi connectivity index (χ1n) is 6.67. The number of rotatable bonds is 1. The largest absolute Gasteiger partial charge is 0.471 e. The lowest BCUT2D eigenvalue weighted by Gasteiger charge is -2.38. The first-order chi connectivity index (χ1) is 9.88. The molecule has 0 spiro atoms. The Morgan fingerprint density at radius 1 is 1.23 bits per heavy atom. The molecule has 22 heavy (non-hydrogen) atoms. The molecule has 124 valence electrons. The number of nitrogens with zero attached hydrogens (tertiary/aromatic N) is 2. The van der Waals surface area contributed by atoms with E-state index in [2.05, 4.69) is 0 Å². The van der Waals surface area contributed by atoms with E-state index < -0.39 is 29.3 Å². The SMILES string of the molecule is CC(C)(C)OC(=O)N1CCC(C#N)(NC(=O)C(F)(F)F)CC1. The molecule has 0 unspecified atom stereocenters. The molecule has 0 aromatic heterocycles. The summed E-state index contributed by atoms with van der Waals surface area (Å²) in [5.41, 5.74) is -2.31. The van der Waals surface area contributed by atoms with E-state index in [0.717, 1.165) is 0 Å².